The van der Waals surface area contributed by atoms with Gasteiger partial charge < -0.3 is 14.2 Å². The van der Waals surface area contributed by atoms with Gasteiger partial charge in [-0.15, -0.1) is 0 Å². The Bertz CT molecular complexity index is 1820. The Hall–Kier alpha value is -5.01. The van der Waals surface area contributed by atoms with Crippen molar-refractivity contribution >= 4 is 67.2 Å². The van der Waals surface area contributed by atoms with Crippen LogP contribution in [0, 0.1) is 10.1 Å². The molecule has 5 rings (SSSR count). The van der Waals surface area contributed by atoms with Crippen molar-refractivity contribution in [2.45, 2.75) is 13.2 Å². The molecule has 0 aromatic heterocycles. The van der Waals surface area contributed by atoms with Gasteiger partial charge in [-0.25, -0.2) is 9.69 Å². The maximum absolute atomic E-state index is 13.3. The number of nitrogens with one attached hydrogen (secondary N) is 1. The summed E-state index contributed by atoms with van der Waals surface area (Å²) in [7, 11) is 1.56. The highest BCUT2D eigenvalue weighted by molar-refractivity contribution is 9.11. The van der Waals surface area contributed by atoms with Crippen LogP contribution in [-0.4, -0.2) is 29.9 Å². The zero-order valence-electron chi connectivity index (χ0n) is 23.5. The molecule has 0 spiro atoms. The Balaban J connectivity index is 1.32. The lowest BCUT2D eigenvalue weighted by Crippen LogP contribution is -2.54. The summed E-state index contributed by atoms with van der Waals surface area (Å²) >= 11 is 6.97. The number of nitrogens with zero attached hydrogens (tertiary/aromatic N) is 2. The number of carbonyl (C=O) groups excluding carboxylic acids is 3. The van der Waals surface area contributed by atoms with Crippen molar-refractivity contribution in [3.8, 4) is 17.2 Å². The van der Waals surface area contributed by atoms with Crippen LogP contribution in [0.15, 0.2) is 99.4 Å². The second kappa shape index (κ2) is 13.7. The second-order valence-corrected chi connectivity index (χ2v) is 11.3. The monoisotopic (exact) mass is 735 g/mol. The van der Waals surface area contributed by atoms with Crippen LogP contribution in [0.2, 0.25) is 0 Å². The minimum Gasteiger partial charge on any atom is -0.493 e. The van der Waals surface area contributed by atoms with Gasteiger partial charge in [0.1, 0.15) is 24.5 Å². The fourth-order valence-corrected chi connectivity index (χ4v) is 5.87. The van der Waals surface area contributed by atoms with Crippen LogP contribution in [-0.2, 0) is 22.8 Å². The first-order chi connectivity index (χ1) is 21.6. The molecule has 228 valence electrons. The van der Waals surface area contributed by atoms with E-state index in [2.05, 4.69) is 37.2 Å². The third-order valence-corrected chi connectivity index (χ3v) is 7.76. The number of non-ortho nitro benzene ring substituents is 1. The molecule has 0 radical (unpaired) electrons. The van der Waals surface area contributed by atoms with E-state index >= 15 is 0 Å². The van der Waals surface area contributed by atoms with Crippen molar-refractivity contribution < 1.29 is 33.5 Å². The van der Waals surface area contributed by atoms with Crippen molar-refractivity contribution in [3.63, 3.8) is 0 Å². The predicted octanol–water partition coefficient (Wildman–Crippen LogP) is 6.95. The molecule has 1 heterocycles. The summed E-state index contributed by atoms with van der Waals surface area (Å²) in [5.41, 5.74) is 1.58. The van der Waals surface area contributed by atoms with Crippen molar-refractivity contribution in [3.05, 3.63) is 126 Å². The molecule has 4 aromatic carbocycles. The number of carbonyl (C=O) groups is 3. The summed E-state index contributed by atoms with van der Waals surface area (Å²) in [5, 5.41) is 13.3. The Labute approximate surface area is 273 Å². The van der Waals surface area contributed by atoms with Gasteiger partial charge in [0, 0.05) is 12.1 Å². The highest BCUT2D eigenvalue weighted by Crippen LogP contribution is 2.37. The van der Waals surface area contributed by atoms with E-state index in [1.54, 1.807) is 19.2 Å². The molecular weight excluding hydrogens is 714 g/mol. The van der Waals surface area contributed by atoms with Crippen LogP contribution in [0.1, 0.15) is 16.7 Å². The number of rotatable bonds is 10. The summed E-state index contributed by atoms with van der Waals surface area (Å²) in [6.45, 7) is 0.583. The first kappa shape index (κ1) is 31.4. The lowest BCUT2D eigenvalue weighted by molar-refractivity contribution is -0.384. The van der Waals surface area contributed by atoms with E-state index in [-0.39, 0.29) is 23.6 Å². The number of nitro benzene ring substituents is 1. The van der Waals surface area contributed by atoms with E-state index in [0.717, 1.165) is 17.2 Å². The van der Waals surface area contributed by atoms with E-state index in [0.29, 0.717) is 43.3 Å². The number of amides is 4. The fraction of sp³-hybridized carbons (Fsp3) is 0.0938. The summed E-state index contributed by atoms with van der Waals surface area (Å²) in [4.78, 5) is 49.6. The Morgan fingerprint density at radius 3 is 2.24 bits per heavy atom. The molecule has 4 aromatic rings. The van der Waals surface area contributed by atoms with Crippen molar-refractivity contribution in [1.82, 2.24) is 5.32 Å². The summed E-state index contributed by atoms with van der Waals surface area (Å²) in [6, 6.07) is 22.6. The highest BCUT2D eigenvalue weighted by atomic mass is 79.9. The topological polar surface area (TPSA) is 137 Å². The van der Waals surface area contributed by atoms with Crippen molar-refractivity contribution in [2.75, 3.05) is 12.0 Å². The van der Waals surface area contributed by atoms with Gasteiger partial charge in [-0.1, -0.05) is 42.5 Å². The van der Waals surface area contributed by atoms with Crippen LogP contribution in [0.4, 0.5) is 16.2 Å². The SMILES string of the molecule is COc1cc(COc2c(Br)cc(/C=C3/C(=O)NC(=O)N(c4cccc([N+](=O)[O-])c4)C3=O)cc2Br)ccc1OCc1ccccc1. The molecule has 1 N–H and O–H groups in total. The molecule has 0 unspecified atom stereocenters. The van der Waals surface area contributed by atoms with Crippen LogP contribution in [0.5, 0.6) is 17.2 Å². The van der Waals surface area contributed by atoms with E-state index < -0.39 is 22.8 Å². The number of benzene rings is 4. The quantitative estimate of drug-likeness (QED) is 0.0799. The largest absolute Gasteiger partial charge is 0.493 e. The molecule has 0 aliphatic carbocycles. The molecule has 0 saturated carbocycles. The fourth-order valence-electron chi connectivity index (χ4n) is 4.42. The first-order valence-corrected chi connectivity index (χ1v) is 14.8. The number of ether oxygens (including phenoxy) is 3. The van der Waals surface area contributed by atoms with Gasteiger partial charge in [0.15, 0.2) is 11.5 Å². The van der Waals surface area contributed by atoms with Gasteiger partial charge in [0.25, 0.3) is 17.5 Å². The average molecular weight is 737 g/mol. The molecular formula is C32H23Br2N3O8. The smallest absolute Gasteiger partial charge is 0.335 e. The summed E-state index contributed by atoms with van der Waals surface area (Å²) < 4.78 is 18.6. The molecule has 1 aliphatic heterocycles. The van der Waals surface area contributed by atoms with Gasteiger partial charge in [0.2, 0.25) is 0 Å². The van der Waals surface area contributed by atoms with Crippen molar-refractivity contribution in [1.29, 1.82) is 0 Å². The standard InChI is InChI=1S/C32H23Br2N3O8/c1-43-28-15-20(10-11-27(28)44-17-19-6-3-2-4-7-19)18-45-29-25(33)13-21(14-26(29)34)12-24-30(38)35-32(40)36(31(24)39)22-8-5-9-23(16-22)37(41)42/h2-16H,17-18H2,1H3,(H,35,38,40)/b24-12-. The number of hydrogen-bond acceptors (Lipinski definition) is 8. The number of barbiturate groups is 1. The van der Waals surface area contributed by atoms with E-state index in [1.807, 2.05) is 48.5 Å². The molecule has 4 amide bonds. The second-order valence-electron chi connectivity index (χ2n) is 9.60. The summed E-state index contributed by atoms with van der Waals surface area (Å²) in [5.74, 6) is -0.211. The third-order valence-electron chi connectivity index (χ3n) is 6.58. The van der Waals surface area contributed by atoms with E-state index in [9.17, 15) is 24.5 Å². The molecule has 1 fully saturated rings. The zero-order chi connectivity index (χ0) is 32.1. The number of urea groups is 1. The number of nitro groups is 1. The lowest BCUT2D eigenvalue weighted by Gasteiger charge is -2.26. The van der Waals surface area contributed by atoms with Gasteiger partial charge >= 0.3 is 6.03 Å². The maximum Gasteiger partial charge on any atom is 0.335 e. The van der Waals surface area contributed by atoms with E-state index in [1.165, 1.54) is 24.3 Å². The van der Waals surface area contributed by atoms with Crippen LogP contribution in [0.3, 0.4) is 0 Å². The van der Waals surface area contributed by atoms with Gasteiger partial charge in [-0.3, -0.25) is 25.0 Å². The Morgan fingerprint density at radius 2 is 1.56 bits per heavy atom. The summed E-state index contributed by atoms with van der Waals surface area (Å²) in [6.07, 6.45) is 1.31. The highest BCUT2D eigenvalue weighted by Gasteiger charge is 2.37. The lowest BCUT2D eigenvalue weighted by atomic mass is 10.1. The number of methoxy groups -OCH3 is 1. The van der Waals surface area contributed by atoms with E-state index in [4.69, 9.17) is 14.2 Å². The van der Waals surface area contributed by atoms with Gasteiger partial charge in [-0.05, 0) is 85.0 Å². The molecule has 45 heavy (non-hydrogen) atoms. The number of hydrogen-bond donors (Lipinski definition) is 1. The van der Waals surface area contributed by atoms with Gasteiger partial charge in [-0.2, -0.15) is 0 Å². The van der Waals surface area contributed by atoms with Crippen LogP contribution in [0.25, 0.3) is 6.08 Å². The minimum atomic E-state index is -1.01. The number of halogens is 2. The normalized spacial score (nSPS) is 13.9. The molecule has 13 heteroatoms. The Morgan fingerprint density at radius 1 is 0.844 bits per heavy atom. The molecule has 1 saturated heterocycles. The minimum absolute atomic E-state index is 0.0522. The molecule has 0 bridgehead atoms. The number of imide groups is 2. The molecule has 1 aliphatic rings. The van der Waals surface area contributed by atoms with Gasteiger partial charge in [0.05, 0.1) is 26.7 Å². The van der Waals surface area contributed by atoms with Crippen LogP contribution < -0.4 is 24.4 Å². The first-order valence-electron chi connectivity index (χ1n) is 13.3. The predicted molar refractivity (Wildman–Crippen MR) is 172 cm³/mol. The average Bonchev–Trinajstić information content (AvgIpc) is 3.02. The Kier molecular flexibility index (Phi) is 9.59. The maximum atomic E-state index is 13.3. The molecule has 0 atom stereocenters. The third kappa shape index (κ3) is 7.21. The van der Waals surface area contributed by atoms with Crippen LogP contribution >= 0.6 is 31.9 Å². The molecule has 11 nitrogen and oxygen atoms in total. The zero-order valence-corrected chi connectivity index (χ0v) is 26.7. The number of anilines is 1. The van der Waals surface area contributed by atoms with Crippen molar-refractivity contribution in [2.24, 2.45) is 0 Å².